The predicted octanol–water partition coefficient (Wildman–Crippen LogP) is 11.5. The number of nitrogens with zero attached hydrogens (tertiary/aromatic N) is 3. The molecule has 0 aliphatic rings. The van der Waals surface area contributed by atoms with Gasteiger partial charge in [0.1, 0.15) is 11.6 Å². The summed E-state index contributed by atoms with van der Waals surface area (Å²) in [5, 5.41) is 11.0. The van der Waals surface area contributed by atoms with E-state index in [1.54, 1.807) is 6.07 Å². The van der Waals surface area contributed by atoms with Crippen molar-refractivity contribution in [1.82, 2.24) is 9.97 Å². The summed E-state index contributed by atoms with van der Waals surface area (Å²) in [5.41, 5.74) is 10.9. The van der Waals surface area contributed by atoms with Crippen LogP contribution in [0.4, 0.5) is 17.2 Å². The zero-order valence-corrected chi connectivity index (χ0v) is 28.1. The third kappa shape index (κ3) is 7.14. The van der Waals surface area contributed by atoms with E-state index in [4.69, 9.17) is 9.97 Å². The molecule has 0 aliphatic heterocycles. The number of aromatic nitrogens is 2. The topological polar surface area (TPSA) is 49.3 Å². The molecule has 0 saturated heterocycles. The lowest BCUT2D eigenvalue weighted by atomic mass is 9.85. The number of para-hydroxylation sites is 2. The lowest BCUT2D eigenvalue weighted by Crippen LogP contribution is -2.15. The minimum Gasteiger partial charge on any atom is -0.507 e. The van der Waals surface area contributed by atoms with Crippen molar-refractivity contribution in [3.8, 4) is 39.4 Å². The van der Waals surface area contributed by atoms with Crippen LogP contribution in [0.2, 0.25) is 0 Å². The first-order valence-electron chi connectivity index (χ1n) is 16.7. The van der Waals surface area contributed by atoms with Crippen molar-refractivity contribution < 1.29 is 5.11 Å². The third-order valence-electron chi connectivity index (χ3n) is 8.75. The summed E-state index contributed by atoms with van der Waals surface area (Å²) in [6.07, 6.45) is 2.67. The maximum atomic E-state index is 11.0. The Morgan fingerprint density at radius 2 is 1.24 bits per heavy atom. The average molecular weight is 638 g/mol. The summed E-state index contributed by atoms with van der Waals surface area (Å²) < 4.78 is 0. The van der Waals surface area contributed by atoms with Crippen LogP contribution in [0.25, 0.3) is 33.6 Å². The number of hydrogen-bond acceptors (Lipinski definition) is 4. The second-order valence-corrected chi connectivity index (χ2v) is 13.4. The maximum absolute atomic E-state index is 11.0. The van der Waals surface area contributed by atoms with Gasteiger partial charge in [-0.2, -0.15) is 0 Å². The van der Waals surface area contributed by atoms with Gasteiger partial charge in [0.2, 0.25) is 0 Å². The summed E-state index contributed by atoms with van der Waals surface area (Å²) in [6.45, 7) is 6.71. The van der Waals surface area contributed by atoms with E-state index in [1.165, 1.54) is 16.7 Å². The first-order valence-corrected chi connectivity index (χ1v) is 16.7. The van der Waals surface area contributed by atoms with Crippen molar-refractivity contribution in [1.29, 1.82) is 0 Å². The smallest absolute Gasteiger partial charge is 0.137 e. The van der Waals surface area contributed by atoms with Crippen LogP contribution in [0.3, 0.4) is 0 Å². The molecule has 49 heavy (non-hydrogen) atoms. The number of hydrogen-bond donors (Lipinski definition) is 1. The van der Waals surface area contributed by atoms with Gasteiger partial charge in [0.05, 0.1) is 11.4 Å². The zero-order valence-electron chi connectivity index (χ0n) is 28.1. The zero-order chi connectivity index (χ0) is 33.8. The molecule has 7 rings (SSSR count). The SMILES string of the molecule is CC(C)(C)c1cc(-c2cc(-c3cccc(Cc4ccccc4)c3)cc(-c3ccccc3O)n2)cc(N(c2ccccc2)c2ccccn2)c1. The van der Waals surface area contributed by atoms with Gasteiger partial charge in [-0.1, -0.05) is 112 Å². The lowest BCUT2D eigenvalue weighted by Gasteiger charge is -2.28. The fraction of sp³-hybridized carbons (Fsp3) is 0.111. The van der Waals surface area contributed by atoms with Gasteiger partial charge in [-0.25, -0.2) is 9.97 Å². The Morgan fingerprint density at radius 1 is 0.551 bits per heavy atom. The Hall–Kier alpha value is -6.00. The largest absolute Gasteiger partial charge is 0.507 e. The van der Waals surface area contributed by atoms with Crippen LogP contribution < -0.4 is 4.90 Å². The number of pyridine rings is 2. The van der Waals surface area contributed by atoms with E-state index < -0.39 is 0 Å². The summed E-state index contributed by atoms with van der Waals surface area (Å²) in [4.78, 5) is 12.2. The van der Waals surface area contributed by atoms with Gasteiger partial charge >= 0.3 is 0 Å². The van der Waals surface area contributed by atoms with Crippen LogP contribution in [0.15, 0.2) is 164 Å². The fourth-order valence-electron chi connectivity index (χ4n) is 6.16. The molecule has 0 atom stereocenters. The Balaban J connectivity index is 1.42. The summed E-state index contributed by atoms with van der Waals surface area (Å²) in [6, 6.07) is 54.0. The molecule has 0 amide bonds. The number of benzene rings is 5. The molecule has 2 aromatic heterocycles. The summed E-state index contributed by atoms with van der Waals surface area (Å²) >= 11 is 0. The van der Waals surface area contributed by atoms with E-state index in [9.17, 15) is 5.11 Å². The van der Waals surface area contributed by atoms with Crippen LogP contribution >= 0.6 is 0 Å². The predicted molar refractivity (Wildman–Crippen MR) is 203 cm³/mol. The third-order valence-corrected chi connectivity index (χ3v) is 8.75. The Morgan fingerprint density at radius 3 is 1.98 bits per heavy atom. The Labute approximate surface area is 289 Å². The fourth-order valence-corrected chi connectivity index (χ4v) is 6.16. The molecule has 0 saturated carbocycles. The number of phenolic OH excluding ortho intramolecular Hbond substituents is 1. The Bertz CT molecular complexity index is 2150. The molecule has 5 aromatic carbocycles. The lowest BCUT2D eigenvalue weighted by molar-refractivity contribution is 0.477. The second kappa shape index (κ2) is 13.6. The van der Waals surface area contributed by atoms with Gasteiger partial charge < -0.3 is 5.11 Å². The average Bonchev–Trinajstić information content (AvgIpc) is 3.13. The second-order valence-electron chi connectivity index (χ2n) is 13.4. The minimum absolute atomic E-state index is 0.138. The molecule has 4 heteroatoms. The highest BCUT2D eigenvalue weighted by atomic mass is 16.3. The summed E-state index contributed by atoms with van der Waals surface area (Å²) in [5.74, 6) is 1.03. The summed E-state index contributed by atoms with van der Waals surface area (Å²) in [7, 11) is 0. The normalized spacial score (nSPS) is 11.3. The Kier molecular flexibility index (Phi) is 8.78. The van der Waals surface area contributed by atoms with Gasteiger partial charge in [-0.3, -0.25) is 4.90 Å². The number of anilines is 3. The number of rotatable bonds is 8. The highest BCUT2D eigenvalue weighted by Crippen LogP contribution is 2.40. The van der Waals surface area contributed by atoms with Crippen LogP contribution in [0, 0.1) is 0 Å². The molecule has 7 aromatic rings. The molecule has 2 heterocycles. The van der Waals surface area contributed by atoms with Crippen LogP contribution in [0.1, 0.15) is 37.5 Å². The van der Waals surface area contributed by atoms with E-state index in [-0.39, 0.29) is 11.2 Å². The van der Waals surface area contributed by atoms with Gasteiger partial charge in [0, 0.05) is 28.7 Å². The standard InChI is InChI=1S/C45H39N3O/c1-45(2,3)37-27-36(28-39(31-37)48(38-19-8-5-9-20-38)44-23-12-13-24-46-44)41-29-35(30-42(47-41)40-21-10-11-22-43(40)49)34-18-14-17-33(26-34)25-32-15-6-4-7-16-32/h4-24,26-31,49H,25H2,1-3H3. The maximum Gasteiger partial charge on any atom is 0.137 e. The van der Waals surface area contributed by atoms with E-state index >= 15 is 0 Å². The van der Waals surface area contributed by atoms with Crippen molar-refractivity contribution >= 4 is 17.2 Å². The van der Waals surface area contributed by atoms with Crippen molar-refractivity contribution in [2.24, 2.45) is 0 Å². The molecular formula is C45H39N3O. The molecule has 0 radical (unpaired) electrons. The van der Waals surface area contributed by atoms with Crippen molar-refractivity contribution in [3.05, 3.63) is 181 Å². The molecule has 0 aliphatic carbocycles. The van der Waals surface area contributed by atoms with Crippen molar-refractivity contribution in [3.63, 3.8) is 0 Å². The monoisotopic (exact) mass is 637 g/mol. The van der Waals surface area contributed by atoms with Gasteiger partial charge in [-0.15, -0.1) is 0 Å². The van der Waals surface area contributed by atoms with E-state index in [1.807, 2.05) is 48.7 Å². The van der Waals surface area contributed by atoms with Crippen LogP contribution in [0.5, 0.6) is 5.75 Å². The molecule has 0 unspecified atom stereocenters. The van der Waals surface area contributed by atoms with Crippen molar-refractivity contribution in [2.45, 2.75) is 32.6 Å². The van der Waals surface area contributed by atoms with E-state index in [0.29, 0.717) is 11.3 Å². The molecule has 0 fully saturated rings. The molecular weight excluding hydrogens is 599 g/mol. The number of aromatic hydroxyl groups is 1. The number of phenols is 1. The minimum atomic E-state index is -0.138. The molecule has 1 N–H and O–H groups in total. The van der Waals surface area contributed by atoms with Crippen LogP contribution in [-0.2, 0) is 11.8 Å². The highest BCUT2D eigenvalue weighted by molar-refractivity contribution is 5.82. The van der Waals surface area contributed by atoms with Gasteiger partial charge in [0.15, 0.2) is 0 Å². The van der Waals surface area contributed by atoms with Gasteiger partial charge in [0.25, 0.3) is 0 Å². The van der Waals surface area contributed by atoms with Gasteiger partial charge in [-0.05, 0) is 106 Å². The van der Waals surface area contributed by atoms with Crippen molar-refractivity contribution in [2.75, 3.05) is 4.90 Å². The van der Waals surface area contributed by atoms with E-state index in [0.717, 1.165) is 46.0 Å². The first kappa shape index (κ1) is 31.6. The van der Waals surface area contributed by atoms with E-state index in [2.05, 4.69) is 135 Å². The molecule has 0 spiro atoms. The molecule has 240 valence electrons. The molecule has 4 nitrogen and oxygen atoms in total. The quantitative estimate of drug-likeness (QED) is 0.180. The highest BCUT2D eigenvalue weighted by Gasteiger charge is 2.22. The molecule has 0 bridgehead atoms. The van der Waals surface area contributed by atoms with Crippen LogP contribution in [-0.4, -0.2) is 15.1 Å². The first-order chi connectivity index (χ1) is 23.8.